The van der Waals surface area contributed by atoms with E-state index in [9.17, 15) is 17.6 Å². The number of rotatable bonds is 4. The van der Waals surface area contributed by atoms with Gasteiger partial charge in [0, 0.05) is 6.54 Å². The first-order valence-electron chi connectivity index (χ1n) is 5.55. The zero-order chi connectivity index (χ0) is 14.8. The van der Waals surface area contributed by atoms with Gasteiger partial charge in [-0.05, 0) is 23.6 Å². The van der Waals surface area contributed by atoms with Gasteiger partial charge in [0.25, 0.3) is 0 Å². The molecule has 5 nitrogen and oxygen atoms in total. The summed E-state index contributed by atoms with van der Waals surface area (Å²) < 4.78 is 39.7. The minimum Gasteiger partial charge on any atom is -0.478 e. The lowest BCUT2D eigenvalue weighted by Gasteiger charge is -2.19. The van der Waals surface area contributed by atoms with E-state index in [1.807, 2.05) is 20.8 Å². The van der Waals surface area contributed by atoms with Crippen LogP contribution in [-0.4, -0.2) is 26.0 Å². The number of benzene rings is 1. The average molecular weight is 289 g/mol. The van der Waals surface area contributed by atoms with Crippen molar-refractivity contribution in [2.75, 3.05) is 6.54 Å². The van der Waals surface area contributed by atoms with Gasteiger partial charge in [-0.3, -0.25) is 0 Å². The van der Waals surface area contributed by atoms with E-state index in [-0.39, 0.29) is 17.5 Å². The predicted molar refractivity (Wildman–Crippen MR) is 68.0 cm³/mol. The summed E-state index contributed by atoms with van der Waals surface area (Å²) in [6, 6.07) is 2.65. The Morgan fingerprint density at radius 1 is 1.37 bits per heavy atom. The van der Waals surface area contributed by atoms with Gasteiger partial charge in [-0.15, -0.1) is 0 Å². The number of aromatic carboxylic acids is 1. The highest BCUT2D eigenvalue weighted by Crippen LogP contribution is 2.18. The molecule has 0 bridgehead atoms. The number of carbonyl (C=O) groups is 1. The summed E-state index contributed by atoms with van der Waals surface area (Å²) in [4.78, 5) is 10.1. The molecule has 7 heteroatoms. The van der Waals surface area contributed by atoms with E-state index in [2.05, 4.69) is 4.72 Å². The van der Waals surface area contributed by atoms with E-state index >= 15 is 0 Å². The van der Waals surface area contributed by atoms with E-state index in [1.54, 1.807) is 0 Å². The van der Waals surface area contributed by atoms with Crippen LogP contribution in [0.15, 0.2) is 23.1 Å². The molecule has 0 spiro atoms. The molecule has 0 saturated heterocycles. The van der Waals surface area contributed by atoms with Crippen LogP contribution in [0.2, 0.25) is 0 Å². The molecule has 1 aromatic carbocycles. The van der Waals surface area contributed by atoms with Crippen molar-refractivity contribution in [2.24, 2.45) is 5.41 Å². The molecule has 0 fully saturated rings. The molecule has 106 valence electrons. The number of nitrogens with one attached hydrogen (secondary N) is 1. The average Bonchev–Trinajstić information content (AvgIpc) is 2.25. The second-order valence-electron chi connectivity index (χ2n) is 5.34. The monoisotopic (exact) mass is 289 g/mol. The normalized spacial score (nSPS) is 12.4. The van der Waals surface area contributed by atoms with Crippen LogP contribution in [0.5, 0.6) is 0 Å². The van der Waals surface area contributed by atoms with Crippen LogP contribution in [-0.2, 0) is 10.0 Å². The highest BCUT2D eigenvalue weighted by molar-refractivity contribution is 7.89. The number of carboxylic acid groups (broad SMARTS) is 1. The summed E-state index contributed by atoms with van der Waals surface area (Å²) in [7, 11) is -4.07. The van der Waals surface area contributed by atoms with Crippen molar-refractivity contribution in [1.82, 2.24) is 4.72 Å². The molecule has 0 radical (unpaired) electrons. The molecule has 19 heavy (non-hydrogen) atoms. The van der Waals surface area contributed by atoms with Crippen LogP contribution in [0.25, 0.3) is 0 Å². The van der Waals surface area contributed by atoms with Gasteiger partial charge in [0.1, 0.15) is 10.7 Å². The molecule has 1 rings (SSSR count). The first kappa shape index (κ1) is 15.6. The van der Waals surface area contributed by atoms with E-state index in [1.165, 1.54) is 0 Å². The fourth-order valence-electron chi connectivity index (χ4n) is 1.23. The van der Waals surface area contributed by atoms with E-state index < -0.39 is 26.7 Å². The molecule has 0 unspecified atom stereocenters. The van der Waals surface area contributed by atoms with Crippen LogP contribution < -0.4 is 4.72 Å². The largest absolute Gasteiger partial charge is 0.478 e. The Hall–Kier alpha value is -1.47. The van der Waals surface area contributed by atoms with Gasteiger partial charge in [0.05, 0.1) is 5.56 Å². The highest BCUT2D eigenvalue weighted by atomic mass is 32.2. The van der Waals surface area contributed by atoms with Crippen LogP contribution in [0.3, 0.4) is 0 Å². The van der Waals surface area contributed by atoms with E-state index in [0.717, 1.165) is 18.2 Å². The number of hydrogen-bond acceptors (Lipinski definition) is 3. The summed E-state index contributed by atoms with van der Waals surface area (Å²) in [6.07, 6.45) is 0. The molecule has 0 aliphatic rings. The molecule has 0 aliphatic carbocycles. The Labute approximate surface area is 111 Å². The molecular weight excluding hydrogens is 273 g/mol. The van der Waals surface area contributed by atoms with Crippen LogP contribution in [0.1, 0.15) is 31.1 Å². The molecule has 0 amide bonds. The quantitative estimate of drug-likeness (QED) is 0.886. The van der Waals surface area contributed by atoms with Gasteiger partial charge in [-0.2, -0.15) is 0 Å². The van der Waals surface area contributed by atoms with Crippen LogP contribution in [0.4, 0.5) is 4.39 Å². The molecule has 0 heterocycles. The maximum absolute atomic E-state index is 13.5. The van der Waals surface area contributed by atoms with Gasteiger partial charge in [0.2, 0.25) is 10.0 Å². The van der Waals surface area contributed by atoms with Gasteiger partial charge in [0.15, 0.2) is 0 Å². The minimum absolute atomic E-state index is 0.117. The number of halogens is 1. The SMILES string of the molecule is CC(C)(C)CNS(=O)(=O)c1cc(C(=O)O)ccc1F. The minimum atomic E-state index is -4.07. The Kier molecular flexibility index (Phi) is 4.32. The third kappa shape index (κ3) is 4.29. The summed E-state index contributed by atoms with van der Waals surface area (Å²) in [5, 5.41) is 8.79. The van der Waals surface area contributed by atoms with Crippen molar-refractivity contribution in [3.8, 4) is 0 Å². The van der Waals surface area contributed by atoms with Gasteiger partial charge in [-0.1, -0.05) is 20.8 Å². The third-order valence-corrected chi connectivity index (χ3v) is 3.68. The summed E-state index contributed by atoms with van der Waals surface area (Å²) >= 11 is 0. The lowest BCUT2D eigenvalue weighted by atomic mass is 9.98. The first-order chi connectivity index (χ1) is 8.53. The fourth-order valence-corrected chi connectivity index (χ4v) is 2.62. The Balaban J connectivity index is 3.14. The van der Waals surface area contributed by atoms with Gasteiger partial charge >= 0.3 is 5.97 Å². The molecule has 0 aromatic heterocycles. The molecular formula is C12H16FNO4S. The molecule has 1 aromatic rings. The Bertz CT molecular complexity index is 590. The number of carboxylic acids is 1. The Morgan fingerprint density at radius 3 is 2.42 bits per heavy atom. The molecule has 0 aliphatic heterocycles. The van der Waals surface area contributed by atoms with Crippen molar-refractivity contribution in [1.29, 1.82) is 0 Å². The lowest BCUT2D eigenvalue weighted by Crippen LogP contribution is -2.32. The third-order valence-electron chi connectivity index (χ3n) is 2.26. The first-order valence-corrected chi connectivity index (χ1v) is 7.04. The summed E-state index contributed by atoms with van der Waals surface area (Å²) in [5.41, 5.74) is -0.592. The summed E-state index contributed by atoms with van der Waals surface area (Å²) in [6.45, 7) is 5.57. The van der Waals surface area contributed by atoms with Crippen LogP contribution >= 0.6 is 0 Å². The smallest absolute Gasteiger partial charge is 0.335 e. The maximum Gasteiger partial charge on any atom is 0.335 e. The van der Waals surface area contributed by atoms with E-state index in [4.69, 9.17) is 5.11 Å². The second kappa shape index (κ2) is 5.26. The Morgan fingerprint density at radius 2 is 1.95 bits per heavy atom. The number of sulfonamides is 1. The maximum atomic E-state index is 13.5. The standard InChI is InChI=1S/C12H16FNO4S/c1-12(2,3)7-14-19(17,18)10-6-8(11(15)16)4-5-9(10)13/h4-6,14H,7H2,1-3H3,(H,15,16). The molecule has 0 saturated carbocycles. The lowest BCUT2D eigenvalue weighted by molar-refractivity contribution is 0.0696. The molecule has 0 atom stereocenters. The van der Waals surface area contributed by atoms with Gasteiger partial charge < -0.3 is 5.11 Å². The van der Waals surface area contributed by atoms with E-state index in [0.29, 0.717) is 0 Å². The number of hydrogen-bond donors (Lipinski definition) is 2. The zero-order valence-electron chi connectivity index (χ0n) is 10.9. The van der Waals surface area contributed by atoms with Crippen molar-refractivity contribution >= 4 is 16.0 Å². The van der Waals surface area contributed by atoms with Crippen molar-refractivity contribution in [3.63, 3.8) is 0 Å². The summed E-state index contributed by atoms with van der Waals surface area (Å²) in [5.74, 6) is -2.29. The topological polar surface area (TPSA) is 83.5 Å². The van der Waals surface area contributed by atoms with Gasteiger partial charge in [-0.25, -0.2) is 22.3 Å². The molecule has 2 N–H and O–H groups in total. The highest BCUT2D eigenvalue weighted by Gasteiger charge is 2.23. The fraction of sp³-hybridized carbons (Fsp3) is 0.417. The second-order valence-corrected chi connectivity index (χ2v) is 7.07. The zero-order valence-corrected chi connectivity index (χ0v) is 11.7. The van der Waals surface area contributed by atoms with Crippen molar-refractivity contribution in [3.05, 3.63) is 29.6 Å². The van der Waals surface area contributed by atoms with Crippen molar-refractivity contribution < 1.29 is 22.7 Å². The van der Waals surface area contributed by atoms with Crippen molar-refractivity contribution in [2.45, 2.75) is 25.7 Å². The van der Waals surface area contributed by atoms with Crippen LogP contribution in [0, 0.1) is 11.2 Å². The predicted octanol–water partition coefficient (Wildman–Crippen LogP) is 1.85.